The molecule has 0 spiro atoms. The first-order valence-electron chi connectivity index (χ1n) is 15.2. The minimum Gasteiger partial charge on any atom is -0.400 e. The Morgan fingerprint density at radius 3 is 2.64 bits per heavy atom. The molecule has 4 aliphatic heterocycles. The van der Waals surface area contributed by atoms with Gasteiger partial charge in [0.25, 0.3) is 8.53 Å². The van der Waals surface area contributed by atoms with E-state index in [-0.39, 0.29) is 70.4 Å². The molecule has 3 unspecified atom stereocenters. The third-order valence-electron chi connectivity index (χ3n) is 7.51. The van der Waals surface area contributed by atoms with Crippen molar-refractivity contribution in [3.63, 3.8) is 0 Å². The second-order valence-electron chi connectivity index (χ2n) is 10.4. The van der Waals surface area contributed by atoms with Gasteiger partial charge in [-0.2, -0.15) is 32.0 Å². The van der Waals surface area contributed by atoms with E-state index >= 15 is 0 Å². The predicted molar refractivity (Wildman–Crippen MR) is 185 cm³/mol. The van der Waals surface area contributed by atoms with Gasteiger partial charge in [0.15, 0.2) is 0 Å². The third-order valence-corrected chi connectivity index (χ3v) is 9.22. The summed E-state index contributed by atoms with van der Waals surface area (Å²) >= 11 is 0. The number of aliphatic hydroxyl groups excluding tert-OH is 2. The molecule has 2 aromatic carbocycles. The predicted octanol–water partition coefficient (Wildman–Crippen LogP) is 3.43. The molecule has 0 aliphatic carbocycles. The Balaban J connectivity index is 0.000000314. The number of aliphatic hydroxyl groups is 2. The Kier molecular flexibility index (Phi) is 12.5. The summed E-state index contributed by atoms with van der Waals surface area (Å²) in [5, 5.41) is 18.1. The SMILES string of the molecule is OC[C@H]1Cc2ccccc2N1.S.S.[2H]CC1OC(n2ccc(NC(C)=O)nc2=O)CC1O[P@]1OC[C@H]2Cc3ccccc3N21.[3H]OC. The molecule has 2 fully saturated rings. The molecule has 4 aliphatic rings. The number of para-hydroxylation sites is 2. The van der Waals surface area contributed by atoms with E-state index in [1.54, 1.807) is 12.3 Å². The monoisotopic (exact) mass is 682 g/mol. The summed E-state index contributed by atoms with van der Waals surface area (Å²) in [5.74, 6) is -0.108. The maximum absolute atomic E-state index is 12.4. The molecular weight excluding hydrogens is 637 g/mol. The zero-order valence-electron chi connectivity index (χ0n) is 27.1. The first kappa shape index (κ1) is 33.7. The fourth-order valence-electron chi connectivity index (χ4n) is 5.56. The number of carbonyl (C=O) groups excluding carboxylic acids is 1. The van der Waals surface area contributed by atoms with E-state index < -0.39 is 26.5 Å². The van der Waals surface area contributed by atoms with Gasteiger partial charge < -0.3 is 39.3 Å². The molecule has 6 atom stereocenters. The quantitative estimate of drug-likeness (QED) is 0.295. The highest BCUT2D eigenvalue weighted by molar-refractivity contribution is 7.59. The number of anilines is 3. The molecule has 246 valence electrons. The van der Waals surface area contributed by atoms with Gasteiger partial charge in [0.2, 0.25) is 7.34 Å². The second kappa shape index (κ2) is 16.8. The summed E-state index contributed by atoms with van der Waals surface area (Å²) in [6.07, 6.45) is 2.40. The van der Waals surface area contributed by atoms with E-state index in [0.29, 0.717) is 13.0 Å². The molecule has 7 rings (SSSR count). The van der Waals surface area contributed by atoms with Crippen molar-refractivity contribution >= 4 is 58.6 Å². The summed E-state index contributed by atoms with van der Waals surface area (Å²) in [5.41, 5.74) is 4.39. The van der Waals surface area contributed by atoms with E-state index in [1.165, 1.54) is 35.4 Å². The zero-order valence-corrected chi connectivity index (χ0v) is 28.0. The number of fused-ring (bicyclic) bond motifs is 4. The van der Waals surface area contributed by atoms with Gasteiger partial charge in [0, 0.05) is 39.4 Å². The van der Waals surface area contributed by atoms with Crippen LogP contribution in [0.2, 0.25) is 0 Å². The minimum atomic E-state index is -1.31. The molecule has 45 heavy (non-hydrogen) atoms. The second-order valence-corrected chi connectivity index (χ2v) is 11.8. The fourth-order valence-corrected chi connectivity index (χ4v) is 7.38. The number of rotatable bonds is 5. The van der Waals surface area contributed by atoms with Crippen LogP contribution < -0.4 is 21.0 Å². The molecular formula is C30H42N5O7PS2. The van der Waals surface area contributed by atoms with Crippen LogP contribution in [0.3, 0.4) is 0 Å². The topological polar surface area (TPSA) is 147 Å². The van der Waals surface area contributed by atoms with Gasteiger partial charge in [0.1, 0.15) is 12.0 Å². The Bertz CT molecular complexity index is 1500. The summed E-state index contributed by atoms with van der Waals surface area (Å²) < 4.78 is 35.5. The van der Waals surface area contributed by atoms with Crippen LogP contribution in [-0.2, 0) is 31.4 Å². The highest BCUT2D eigenvalue weighted by Crippen LogP contribution is 2.58. The van der Waals surface area contributed by atoms with Crippen LogP contribution in [0.5, 0.6) is 0 Å². The number of aromatic nitrogens is 2. The Morgan fingerprint density at radius 1 is 1.22 bits per heavy atom. The molecule has 0 bridgehead atoms. The lowest BCUT2D eigenvalue weighted by atomic mass is 10.1. The number of ether oxygens (including phenoxy) is 1. The number of hydrogen-bond acceptors (Lipinski definition) is 10. The molecule has 5 heterocycles. The van der Waals surface area contributed by atoms with Crippen LogP contribution in [0.1, 0.15) is 39.0 Å². The Morgan fingerprint density at radius 2 is 1.96 bits per heavy atom. The van der Waals surface area contributed by atoms with Crippen molar-refractivity contribution < 1.29 is 30.2 Å². The first-order chi connectivity index (χ1) is 21.8. The zero-order chi connectivity index (χ0) is 31.9. The smallest absolute Gasteiger partial charge is 0.351 e. The molecule has 1 amide bonds. The molecule has 0 saturated carbocycles. The van der Waals surface area contributed by atoms with Crippen LogP contribution >= 0.6 is 35.5 Å². The maximum atomic E-state index is 12.4. The fraction of sp³-hybridized carbons (Fsp3) is 0.433. The van der Waals surface area contributed by atoms with E-state index in [2.05, 4.69) is 43.6 Å². The molecule has 3 aromatic rings. The average Bonchev–Trinajstić information content (AvgIpc) is 3.80. The molecule has 1 aromatic heterocycles. The average molecular weight is 683 g/mol. The third kappa shape index (κ3) is 8.38. The number of amides is 1. The van der Waals surface area contributed by atoms with Gasteiger partial charge in [-0.15, -0.1) is 0 Å². The van der Waals surface area contributed by atoms with Crippen LogP contribution in [0, 0.1) is 0 Å². The number of benzene rings is 2. The van der Waals surface area contributed by atoms with E-state index in [4.69, 9.17) is 21.7 Å². The van der Waals surface area contributed by atoms with Gasteiger partial charge in [-0.1, -0.05) is 36.4 Å². The first-order valence-corrected chi connectivity index (χ1v) is 15.2. The van der Waals surface area contributed by atoms with Crippen molar-refractivity contribution in [2.24, 2.45) is 0 Å². The van der Waals surface area contributed by atoms with Crippen LogP contribution in [-0.4, -0.2) is 71.7 Å². The van der Waals surface area contributed by atoms with Gasteiger partial charge in [-0.05, 0) is 49.1 Å². The van der Waals surface area contributed by atoms with Crippen LogP contribution in [0.25, 0.3) is 0 Å². The normalized spacial score (nSPS) is 25.6. The van der Waals surface area contributed by atoms with Crippen molar-refractivity contribution in [3.05, 3.63) is 82.4 Å². The molecule has 0 radical (unpaired) electrons. The lowest BCUT2D eigenvalue weighted by Crippen LogP contribution is -2.28. The molecule has 12 nitrogen and oxygen atoms in total. The molecule has 4 N–H and O–H groups in total. The van der Waals surface area contributed by atoms with Crippen molar-refractivity contribution in [2.75, 3.05) is 35.6 Å². The van der Waals surface area contributed by atoms with Crippen molar-refractivity contribution in [3.8, 4) is 0 Å². The molecule has 2 saturated heterocycles. The highest BCUT2D eigenvalue weighted by Gasteiger charge is 2.46. The summed E-state index contributed by atoms with van der Waals surface area (Å²) in [6.45, 7) is 2.19. The highest BCUT2D eigenvalue weighted by atomic mass is 32.1. The Labute approximate surface area is 280 Å². The van der Waals surface area contributed by atoms with Gasteiger partial charge in [-0.3, -0.25) is 9.36 Å². The van der Waals surface area contributed by atoms with E-state index in [0.717, 1.165) is 18.5 Å². The largest absolute Gasteiger partial charge is 0.400 e. The van der Waals surface area contributed by atoms with Crippen molar-refractivity contribution in [1.82, 2.24) is 9.55 Å². The lowest BCUT2D eigenvalue weighted by molar-refractivity contribution is -0.114. The van der Waals surface area contributed by atoms with Gasteiger partial charge in [-0.25, -0.2) is 4.79 Å². The minimum absolute atomic E-state index is 0. The van der Waals surface area contributed by atoms with E-state index in [9.17, 15) is 9.59 Å². The van der Waals surface area contributed by atoms with Crippen LogP contribution in [0.15, 0.2) is 65.6 Å². The lowest BCUT2D eigenvalue weighted by Gasteiger charge is -2.26. The Hall–Kier alpha value is -2.68. The van der Waals surface area contributed by atoms with Crippen LogP contribution in [0.4, 0.5) is 17.2 Å². The summed E-state index contributed by atoms with van der Waals surface area (Å²) in [7, 11) is -0.0150. The number of hydrogen-bond donors (Lipinski definition) is 4. The van der Waals surface area contributed by atoms with E-state index in [1.807, 2.05) is 30.3 Å². The van der Waals surface area contributed by atoms with Gasteiger partial charge >= 0.3 is 5.69 Å². The van der Waals surface area contributed by atoms with Gasteiger partial charge in [0.05, 0.1) is 37.5 Å². The maximum Gasteiger partial charge on any atom is 0.351 e. The molecule has 15 heteroatoms. The number of carbonyl (C=O) groups is 1. The number of nitrogens with zero attached hydrogens (tertiary/aromatic N) is 3. The standard InChI is InChI=1S/C20H23N4O5P.C9H11NO.CH4O.2H2S/c1-12-17(10-19(28-12)23-8-7-18(21-13(2)25)22-20(23)26)29-30-24-15(11-27-30)9-14-5-3-4-6-16(14)24;11-6-8-5-7-3-1-2-4-9(7)10-8;1-2;;/h3-8,12,15,17,19H,9-11H2,1-2H3,(H,21,22,25,26);1-4,8,10-11H,5-6H2;2H,1H3;2*1H2/t12?,15-,17?,19?,30+;8-;;;/m11.../s1/i1D;;2T;;. The summed E-state index contributed by atoms with van der Waals surface area (Å²) in [4.78, 5) is 27.5. The number of nitrogens with one attached hydrogen (secondary N) is 2. The van der Waals surface area contributed by atoms with Crippen molar-refractivity contribution in [2.45, 2.75) is 63.6 Å². The van der Waals surface area contributed by atoms with Crippen molar-refractivity contribution in [1.29, 1.82) is 1.43 Å². The summed E-state index contributed by atoms with van der Waals surface area (Å²) in [6, 6.07) is 18.5.